The van der Waals surface area contributed by atoms with Crippen molar-refractivity contribution in [2.75, 3.05) is 18.2 Å². The monoisotopic (exact) mass is 415 g/mol. The predicted molar refractivity (Wildman–Crippen MR) is 119 cm³/mol. The average molecular weight is 415 g/mol. The first-order valence-electron chi connectivity index (χ1n) is 10.2. The van der Waals surface area contributed by atoms with Gasteiger partial charge in [-0.3, -0.25) is 0 Å². The van der Waals surface area contributed by atoms with Crippen LogP contribution < -0.4 is 15.3 Å². The molecule has 0 fully saturated rings. The third kappa shape index (κ3) is 3.11. The molecule has 1 aromatic heterocycles. The van der Waals surface area contributed by atoms with Gasteiger partial charge in [0.25, 0.3) is 0 Å². The summed E-state index contributed by atoms with van der Waals surface area (Å²) in [5, 5.41) is 2.27. The molecule has 6 heteroatoms. The Hall–Kier alpha value is -3.80. The van der Waals surface area contributed by atoms with Gasteiger partial charge >= 0.3 is 11.6 Å². The Morgan fingerprint density at radius 1 is 1.06 bits per heavy atom. The van der Waals surface area contributed by atoms with E-state index in [-0.39, 0.29) is 18.3 Å². The molecule has 6 nitrogen and oxygen atoms in total. The van der Waals surface area contributed by atoms with Crippen molar-refractivity contribution in [2.45, 2.75) is 20.4 Å². The second-order valence-corrected chi connectivity index (χ2v) is 7.51. The van der Waals surface area contributed by atoms with Crippen LogP contribution in [0.1, 0.15) is 28.4 Å². The highest BCUT2D eigenvalue weighted by atomic mass is 16.5. The van der Waals surface area contributed by atoms with Gasteiger partial charge in [-0.05, 0) is 43.5 Å². The molecule has 4 aromatic rings. The number of hydrogen-bond acceptors (Lipinski definition) is 6. The van der Waals surface area contributed by atoms with Crippen LogP contribution in [0.2, 0.25) is 0 Å². The molecular weight excluding hydrogens is 394 g/mol. The minimum atomic E-state index is -0.355. The summed E-state index contributed by atoms with van der Waals surface area (Å²) in [6.07, 6.45) is 0. The Bertz CT molecular complexity index is 1390. The highest BCUT2D eigenvalue weighted by Gasteiger charge is 2.26. The largest absolute Gasteiger partial charge is 0.472 e. The van der Waals surface area contributed by atoms with Gasteiger partial charge in [-0.1, -0.05) is 30.3 Å². The number of anilines is 1. The lowest BCUT2D eigenvalue weighted by molar-refractivity contribution is 0.0527. The van der Waals surface area contributed by atoms with E-state index in [2.05, 4.69) is 0 Å². The highest BCUT2D eigenvalue weighted by molar-refractivity contribution is 6.06. The Morgan fingerprint density at radius 2 is 1.81 bits per heavy atom. The smallest absolute Gasteiger partial charge is 0.344 e. The van der Waals surface area contributed by atoms with Gasteiger partial charge in [-0.2, -0.15) is 0 Å². The minimum absolute atomic E-state index is 0.271. The van der Waals surface area contributed by atoms with Crippen molar-refractivity contribution >= 4 is 33.4 Å². The third-order valence-corrected chi connectivity index (χ3v) is 5.63. The van der Waals surface area contributed by atoms with E-state index < -0.39 is 0 Å². The van der Waals surface area contributed by atoms with Gasteiger partial charge in [0.15, 0.2) is 6.73 Å². The zero-order valence-corrected chi connectivity index (χ0v) is 17.3. The van der Waals surface area contributed by atoms with Gasteiger partial charge in [-0.15, -0.1) is 0 Å². The fraction of sp³-hybridized carbons (Fsp3) is 0.200. The highest BCUT2D eigenvalue weighted by Crippen LogP contribution is 2.38. The number of nitrogens with zero attached hydrogens (tertiary/aromatic N) is 1. The number of fused-ring (bicyclic) bond motifs is 4. The predicted octanol–water partition coefficient (Wildman–Crippen LogP) is 4.79. The molecule has 156 valence electrons. The molecule has 5 rings (SSSR count). The molecule has 1 aliphatic heterocycles. The Labute approximate surface area is 178 Å². The summed E-state index contributed by atoms with van der Waals surface area (Å²) < 4.78 is 17.0. The van der Waals surface area contributed by atoms with Crippen LogP contribution in [0.4, 0.5) is 5.69 Å². The number of carbonyl (C=O) groups excluding carboxylic acids is 1. The molecule has 0 spiro atoms. The number of esters is 1. The lowest BCUT2D eigenvalue weighted by Gasteiger charge is -2.32. The second kappa shape index (κ2) is 7.47. The van der Waals surface area contributed by atoms with E-state index >= 15 is 0 Å². The number of benzene rings is 3. The van der Waals surface area contributed by atoms with E-state index in [4.69, 9.17) is 13.9 Å². The maximum Gasteiger partial charge on any atom is 0.344 e. The van der Waals surface area contributed by atoms with Gasteiger partial charge in [0.1, 0.15) is 11.3 Å². The van der Waals surface area contributed by atoms with Crippen molar-refractivity contribution < 1.29 is 18.7 Å². The van der Waals surface area contributed by atoms with E-state index in [1.165, 1.54) is 0 Å². The average Bonchev–Trinajstić information content (AvgIpc) is 2.80. The zero-order valence-electron chi connectivity index (χ0n) is 17.3. The first kappa shape index (κ1) is 19.2. The number of ether oxygens (including phenoxy) is 2. The van der Waals surface area contributed by atoms with E-state index in [0.29, 0.717) is 29.7 Å². The standard InChI is InChI=1S/C25H21NO5/c1-3-29-24(27)19-10-6-7-11-21(19)26-13-16-12-20-17-8-4-5-9-18(17)25(28)31-23(20)15(2)22(16)30-14-26/h4-12H,3,13-14H2,1-2H3. The molecule has 1 aliphatic rings. The van der Waals surface area contributed by atoms with Gasteiger partial charge in [0.05, 0.1) is 23.2 Å². The molecule has 0 radical (unpaired) electrons. The first-order chi connectivity index (χ1) is 15.1. The molecule has 0 saturated carbocycles. The number of rotatable bonds is 3. The van der Waals surface area contributed by atoms with Crippen molar-refractivity contribution in [3.05, 3.63) is 81.7 Å². The van der Waals surface area contributed by atoms with E-state index in [1.807, 2.05) is 54.3 Å². The lowest BCUT2D eigenvalue weighted by atomic mass is 9.99. The van der Waals surface area contributed by atoms with Crippen LogP contribution in [0.25, 0.3) is 21.7 Å². The Morgan fingerprint density at radius 3 is 2.61 bits per heavy atom. The van der Waals surface area contributed by atoms with Crippen LogP contribution in [0.15, 0.2) is 63.8 Å². The summed E-state index contributed by atoms with van der Waals surface area (Å²) in [6, 6.07) is 16.8. The van der Waals surface area contributed by atoms with E-state index in [0.717, 1.165) is 33.3 Å². The number of para-hydroxylation sites is 1. The quantitative estimate of drug-likeness (QED) is 0.272. The van der Waals surface area contributed by atoms with Crippen LogP contribution >= 0.6 is 0 Å². The fourth-order valence-electron chi connectivity index (χ4n) is 4.22. The second-order valence-electron chi connectivity index (χ2n) is 7.51. The zero-order chi connectivity index (χ0) is 21.5. The third-order valence-electron chi connectivity index (χ3n) is 5.63. The topological polar surface area (TPSA) is 69.0 Å². The van der Waals surface area contributed by atoms with Crippen molar-refractivity contribution in [3.8, 4) is 5.75 Å². The van der Waals surface area contributed by atoms with Gasteiger partial charge < -0.3 is 18.8 Å². The van der Waals surface area contributed by atoms with Crippen molar-refractivity contribution in [1.82, 2.24) is 0 Å². The molecular formula is C25H21NO5. The molecule has 0 aliphatic carbocycles. The van der Waals surface area contributed by atoms with Crippen LogP contribution in [-0.2, 0) is 11.3 Å². The molecule has 3 aromatic carbocycles. The summed E-state index contributed by atoms with van der Waals surface area (Å²) in [5.41, 5.74) is 3.22. The van der Waals surface area contributed by atoms with Crippen LogP contribution in [0.3, 0.4) is 0 Å². The van der Waals surface area contributed by atoms with Gasteiger partial charge in [0.2, 0.25) is 0 Å². The maximum atomic E-state index is 12.4. The van der Waals surface area contributed by atoms with E-state index in [9.17, 15) is 9.59 Å². The molecule has 0 saturated heterocycles. The summed E-state index contributed by atoms with van der Waals surface area (Å²) in [4.78, 5) is 26.9. The Kier molecular flexibility index (Phi) is 4.62. The summed E-state index contributed by atoms with van der Waals surface area (Å²) >= 11 is 0. The lowest BCUT2D eigenvalue weighted by Crippen LogP contribution is -2.33. The fourth-order valence-corrected chi connectivity index (χ4v) is 4.22. The summed E-state index contributed by atoms with van der Waals surface area (Å²) in [5.74, 6) is 0.363. The van der Waals surface area contributed by atoms with Crippen LogP contribution in [0.5, 0.6) is 5.75 Å². The normalized spacial score (nSPS) is 13.2. The molecule has 0 N–H and O–H groups in total. The number of aryl methyl sites for hydroxylation is 1. The Balaban J connectivity index is 1.63. The van der Waals surface area contributed by atoms with Crippen molar-refractivity contribution in [3.63, 3.8) is 0 Å². The molecule has 0 bridgehead atoms. The molecule has 2 heterocycles. The molecule has 0 unspecified atom stereocenters. The summed E-state index contributed by atoms with van der Waals surface area (Å²) in [7, 11) is 0. The van der Waals surface area contributed by atoms with E-state index in [1.54, 1.807) is 19.1 Å². The first-order valence-corrected chi connectivity index (χ1v) is 10.2. The van der Waals surface area contributed by atoms with Crippen molar-refractivity contribution in [1.29, 1.82) is 0 Å². The summed E-state index contributed by atoms with van der Waals surface area (Å²) in [6.45, 7) is 4.83. The van der Waals surface area contributed by atoms with Gasteiger partial charge in [0, 0.05) is 23.1 Å². The maximum absolute atomic E-state index is 12.4. The van der Waals surface area contributed by atoms with Crippen LogP contribution in [0, 0.1) is 6.92 Å². The number of hydrogen-bond donors (Lipinski definition) is 0. The molecule has 0 amide bonds. The van der Waals surface area contributed by atoms with Crippen LogP contribution in [-0.4, -0.2) is 19.3 Å². The number of carbonyl (C=O) groups is 1. The minimum Gasteiger partial charge on any atom is -0.472 e. The molecule has 0 atom stereocenters. The SMILES string of the molecule is CCOC(=O)c1ccccc1N1COc2c(cc3c(oc(=O)c4ccccc43)c2C)C1. The molecule has 31 heavy (non-hydrogen) atoms. The van der Waals surface area contributed by atoms with Crippen molar-refractivity contribution in [2.24, 2.45) is 0 Å². The van der Waals surface area contributed by atoms with Gasteiger partial charge in [-0.25, -0.2) is 9.59 Å².